The fourth-order valence-corrected chi connectivity index (χ4v) is 3.18. The van der Waals surface area contributed by atoms with Gasteiger partial charge in [0, 0.05) is 5.69 Å². The highest BCUT2D eigenvalue weighted by Gasteiger charge is 2.17. The first kappa shape index (κ1) is 15.0. The predicted octanol–water partition coefficient (Wildman–Crippen LogP) is 2.16. The van der Waals surface area contributed by atoms with Crippen LogP contribution in [0.15, 0.2) is 47.4 Å². The molecule has 0 bridgehead atoms. The van der Waals surface area contributed by atoms with E-state index in [1.807, 2.05) is 6.07 Å². The second-order valence-electron chi connectivity index (χ2n) is 4.55. The van der Waals surface area contributed by atoms with E-state index in [0.29, 0.717) is 16.8 Å². The number of aliphatic hydroxyl groups is 1. The van der Waals surface area contributed by atoms with Crippen molar-refractivity contribution in [1.29, 1.82) is 5.26 Å². The summed E-state index contributed by atoms with van der Waals surface area (Å²) in [5, 5.41) is 17.8. The molecule has 0 spiro atoms. The van der Waals surface area contributed by atoms with Crippen molar-refractivity contribution < 1.29 is 13.5 Å². The maximum absolute atomic E-state index is 12.4. The number of nitrogens with one attached hydrogen (secondary N) is 1. The van der Waals surface area contributed by atoms with E-state index in [9.17, 15) is 8.42 Å². The van der Waals surface area contributed by atoms with Crippen LogP contribution < -0.4 is 4.72 Å². The molecular formula is C15H14N2O3S. The predicted molar refractivity (Wildman–Crippen MR) is 79.1 cm³/mol. The minimum Gasteiger partial charge on any atom is -0.392 e. The van der Waals surface area contributed by atoms with Gasteiger partial charge >= 0.3 is 0 Å². The number of benzene rings is 2. The molecule has 21 heavy (non-hydrogen) atoms. The molecule has 0 aliphatic carbocycles. The monoisotopic (exact) mass is 302 g/mol. The minimum absolute atomic E-state index is 0.0767. The lowest BCUT2D eigenvalue weighted by Gasteiger charge is -2.11. The van der Waals surface area contributed by atoms with Crippen LogP contribution in [-0.4, -0.2) is 13.5 Å². The van der Waals surface area contributed by atoms with Crippen molar-refractivity contribution in [3.8, 4) is 6.07 Å². The zero-order chi connectivity index (χ0) is 15.5. The molecule has 2 aromatic rings. The van der Waals surface area contributed by atoms with Gasteiger partial charge in [0.1, 0.15) is 0 Å². The summed E-state index contributed by atoms with van der Waals surface area (Å²) in [5.41, 5.74) is 1.94. The molecular weight excluding hydrogens is 288 g/mol. The Kier molecular flexibility index (Phi) is 4.26. The van der Waals surface area contributed by atoms with Gasteiger partial charge in [0.05, 0.1) is 23.1 Å². The van der Waals surface area contributed by atoms with Gasteiger partial charge in [-0.05, 0) is 42.3 Å². The molecule has 108 valence electrons. The van der Waals surface area contributed by atoms with Crippen molar-refractivity contribution in [2.75, 3.05) is 4.72 Å². The Bertz CT molecular complexity index is 791. The molecule has 0 aliphatic rings. The van der Waals surface area contributed by atoms with Gasteiger partial charge in [-0.2, -0.15) is 5.26 Å². The van der Waals surface area contributed by atoms with Crippen LogP contribution >= 0.6 is 0 Å². The lowest BCUT2D eigenvalue weighted by molar-refractivity contribution is 0.282. The Morgan fingerprint density at radius 3 is 2.43 bits per heavy atom. The standard InChI is InChI=1S/C15H14N2O3S/c1-11-2-3-13(9-16)8-15(11)21(19,20)17-14-6-4-12(10-18)5-7-14/h2-8,17-18H,10H2,1H3. The first-order chi connectivity index (χ1) is 9.96. The van der Waals surface area contributed by atoms with Crippen LogP contribution in [0.3, 0.4) is 0 Å². The molecule has 2 aromatic carbocycles. The van der Waals surface area contributed by atoms with Crippen LogP contribution in [0, 0.1) is 18.3 Å². The number of rotatable bonds is 4. The van der Waals surface area contributed by atoms with E-state index in [1.54, 1.807) is 43.3 Å². The van der Waals surface area contributed by atoms with Gasteiger partial charge in [0.15, 0.2) is 0 Å². The van der Waals surface area contributed by atoms with Gasteiger partial charge < -0.3 is 5.11 Å². The summed E-state index contributed by atoms with van der Waals surface area (Å²) >= 11 is 0. The number of nitrogens with zero attached hydrogens (tertiary/aromatic N) is 1. The molecule has 0 amide bonds. The fourth-order valence-electron chi connectivity index (χ4n) is 1.85. The lowest BCUT2D eigenvalue weighted by atomic mass is 10.2. The van der Waals surface area contributed by atoms with Crippen LogP contribution in [0.1, 0.15) is 16.7 Å². The third kappa shape index (κ3) is 3.40. The lowest BCUT2D eigenvalue weighted by Crippen LogP contribution is -2.14. The summed E-state index contributed by atoms with van der Waals surface area (Å²) in [4.78, 5) is 0.0767. The molecule has 6 heteroatoms. The maximum atomic E-state index is 12.4. The highest BCUT2D eigenvalue weighted by Crippen LogP contribution is 2.21. The smallest absolute Gasteiger partial charge is 0.262 e. The van der Waals surface area contributed by atoms with E-state index < -0.39 is 10.0 Å². The van der Waals surface area contributed by atoms with E-state index in [1.165, 1.54) is 6.07 Å². The highest BCUT2D eigenvalue weighted by atomic mass is 32.2. The Labute approximate surface area is 123 Å². The Hall–Kier alpha value is -2.36. The molecule has 0 unspecified atom stereocenters. The van der Waals surface area contributed by atoms with Gasteiger partial charge in [0.25, 0.3) is 10.0 Å². The number of aryl methyl sites for hydroxylation is 1. The summed E-state index contributed by atoms with van der Waals surface area (Å²) in [7, 11) is -3.76. The third-order valence-corrected chi connectivity index (χ3v) is 4.52. The van der Waals surface area contributed by atoms with Gasteiger partial charge in [-0.1, -0.05) is 18.2 Å². The average Bonchev–Trinajstić information content (AvgIpc) is 2.48. The van der Waals surface area contributed by atoms with E-state index in [0.717, 1.165) is 0 Å². The molecule has 0 aliphatic heterocycles. The topological polar surface area (TPSA) is 90.2 Å². The van der Waals surface area contributed by atoms with Crippen molar-refractivity contribution in [3.05, 3.63) is 59.2 Å². The quantitative estimate of drug-likeness (QED) is 0.905. The third-order valence-electron chi connectivity index (χ3n) is 3.00. The molecule has 0 radical (unpaired) electrons. The first-order valence-corrected chi connectivity index (χ1v) is 7.68. The number of sulfonamides is 1. The van der Waals surface area contributed by atoms with Crippen LogP contribution in [0.25, 0.3) is 0 Å². The summed E-state index contributed by atoms with van der Waals surface area (Å²) in [6, 6.07) is 12.9. The van der Waals surface area contributed by atoms with Gasteiger partial charge in [-0.3, -0.25) is 4.72 Å². The Balaban J connectivity index is 2.36. The highest BCUT2D eigenvalue weighted by molar-refractivity contribution is 7.92. The molecule has 0 saturated carbocycles. The maximum Gasteiger partial charge on any atom is 0.262 e. The fraction of sp³-hybridized carbons (Fsp3) is 0.133. The largest absolute Gasteiger partial charge is 0.392 e. The van der Waals surface area contributed by atoms with Gasteiger partial charge in [-0.15, -0.1) is 0 Å². The van der Waals surface area contributed by atoms with Crippen molar-refractivity contribution in [2.24, 2.45) is 0 Å². The molecule has 0 saturated heterocycles. The number of anilines is 1. The van der Waals surface area contributed by atoms with Crippen molar-refractivity contribution in [1.82, 2.24) is 0 Å². The minimum atomic E-state index is -3.76. The van der Waals surface area contributed by atoms with E-state index in [-0.39, 0.29) is 17.1 Å². The zero-order valence-electron chi connectivity index (χ0n) is 11.4. The zero-order valence-corrected chi connectivity index (χ0v) is 12.2. The SMILES string of the molecule is Cc1ccc(C#N)cc1S(=O)(=O)Nc1ccc(CO)cc1. The Morgan fingerprint density at radius 1 is 1.19 bits per heavy atom. The van der Waals surface area contributed by atoms with Crippen LogP contribution in [0.4, 0.5) is 5.69 Å². The van der Waals surface area contributed by atoms with E-state index in [4.69, 9.17) is 10.4 Å². The molecule has 0 aromatic heterocycles. The number of hydrogen-bond donors (Lipinski definition) is 2. The summed E-state index contributed by atoms with van der Waals surface area (Å²) < 4.78 is 27.2. The van der Waals surface area contributed by atoms with Crippen molar-refractivity contribution in [3.63, 3.8) is 0 Å². The van der Waals surface area contributed by atoms with Crippen molar-refractivity contribution in [2.45, 2.75) is 18.4 Å². The molecule has 0 heterocycles. The molecule has 5 nitrogen and oxygen atoms in total. The number of hydrogen-bond acceptors (Lipinski definition) is 4. The van der Waals surface area contributed by atoms with Gasteiger partial charge in [-0.25, -0.2) is 8.42 Å². The van der Waals surface area contributed by atoms with Crippen LogP contribution in [0.5, 0.6) is 0 Å². The van der Waals surface area contributed by atoms with Crippen LogP contribution in [0.2, 0.25) is 0 Å². The average molecular weight is 302 g/mol. The Morgan fingerprint density at radius 2 is 1.86 bits per heavy atom. The number of aliphatic hydroxyl groups excluding tert-OH is 1. The molecule has 0 atom stereocenters. The summed E-state index contributed by atoms with van der Waals surface area (Å²) in [6.45, 7) is 1.57. The first-order valence-electron chi connectivity index (χ1n) is 6.19. The second kappa shape index (κ2) is 5.95. The second-order valence-corrected chi connectivity index (χ2v) is 6.20. The van der Waals surface area contributed by atoms with Gasteiger partial charge in [0.2, 0.25) is 0 Å². The molecule has 2 rings (SSSR count). The number of nitriles is 1. The summed E-state index contributed by atoms with van der Waals surface area (Å²) in [6.07, 6.45) is 0. The van der Waals surface area contributed by atoms with Crippen molar-refractivity contribution >= 4 is 15.7 Å². The van der Waals surface area contributed by atoms with Crippen LogP contribution in [-0.2, 0) is 16.6 Å². The summed E-state index contributed by atoms with van der Waals surface area (Å²) in [5.74, 6) is 0. The normalized spacial score (nSPS) is 10.9. The molecule has 2 N–H and O–H groups in total. The van der Waals surface area contributed by atoms with E-state index in [2.05, 4.69) is 4.72 Å². The van der Waals surface area contributed by atoms with E-state index >= 15 is 0 Å². The molecule has 0 fully saturated rings.